The van der Waals surface area contributed by atoms with E-state index in [0.717, 1.165) is 0 Å². The molecule has 94 valence electrons. The summed E-state index contributed by atoms with van der Waals surface area (Å²) in [5, 5.41) is 8.83. The van der Waals surface area contributed by atoms with Crippen LogP contribution in [0.2, 0.25) is 0 Å². The van der Waals surface area contributed by atoms with E-state index in [2.05, 4.69) is 27.7 Å². The van der Waals surface area contributed by atoms with Crippen molar-refractivity contribution in [2.45, 2.75) is 0 Å². The van der Waals surface area contributed by atoms with Crippen molar-refractivity contribution in [3.63, 3.8) is 0 Å². The summed E-state index contributed by atoms with van der Waals surface area (Å²) in [4.78, 5) is 21.2. The first-order chi connectivity index (χ1) is 8.67. The minimum absolute atomic E-state index is 0.345. The van der Waals surface area contributed by atoms with Crippen LogP contribution in [0.5, 0.6) is 0 Å². The van der Waals surface area contributed by atoms with Crippen LogP contribution in [0.3, 0.4) is 0 Å². The van der Waals surface area contributed by atoms with Gasteiger partial charge in [-0.15, -0.1) is 4.91 Å². The van der Waals surface area contributed by atoms with E-state index in [9.17, 15) is 9.70 Å². The van der Waals surface area contributed by atoms with E-state index in [1.54, 1.807) is 13.1 Å². The lowest BCUT2D eigenvalue weighted by atomic mass is 9.99. The number of carbonyl (C=O) groups is 1. The smallest absolute Gasteiger partial charge is 0.150 e. The molecule has 4 N–H and O–H groups in total. The Morgan fingerprint density at radius 3 is 2.72 bits per heavy atom. The van der Waals surface area contributed by atoms with Crippen LogP contribution >= 0.6 is 0 Å². The van der Waals surface area contributed by atoms with Crippen molar-refractivity contribution < 1.29 is 4.79 Å². The number of benzene rings is 1. The molecule has 7 heteroatoms. The van der Waals surface area contributed by atoms with Gasteiger partial charge < -0.3 is 11.2 Å². The molecular weight excluding hydrogens is 234 g/mol. The van der Waals surface area contributed by atoms with E-state index in [0.29, 0.717) is 34.4 Å². The third-order valence-corrected chi connectivity index (χ3v) is 2.29. The SMILES string of the molecule is C=C(/C=N\N)c1c(C=O)cc(NN=O)cc1NC. The van der Waals surface area contributed by atoms with Gasteiger partial charge in [-0.3, -0.25) is 4.79 Å². The number of carbonyl (C=O) groups excluding carboxylic acids is 1. The fourth-order valence-corrected chi connectivity index (χ4v) is 1.58. The number of rotatable bonds is 6. The second-order valence-corrected chi connectivity index (χ2v) is 3.36. The zero-order valence-corrected chi connectivity index (χ0v) is 9.80. The van der Waals surface area contributed by atoms with Crippen LogP contribution in [0.15, 0.2) is 29.1 Å². The van der Waals surface area contributed by atoms with E-state index >= 15 is 0 Å². The van der Waals surface area contributed by atoms with Crippen molar-refractivity contribution in [1.29, 1.82) is 0 Å². The van der Waals surface area contributed by atoms with Crippen LogP contribution in [0.25, 0.3) is 5.57 Å². The van der Waals surface area contributed by atoms with Crippen LogP contribution in [0.4, 0.5) is 11.4 Å². The average Bonchev–Trinajstić information content (AvgIpc) is 2.38. The van der Waals surface area contributed by atoms with Gasteiger partial charge in [0.05, 0.1) is 17.2 Å². The molecule has 0 aliphatic rings. The number of hydrogen-bond donors (Lipinski definition) is 3. The minimum atomic E-state index is 0.345. The number of nitroso groups, excluding NO2 is 1. The quantitative estimate of drug-likeness (QED) is 0.232. The van der Waals surface area contributed by atoms with Crippen LogP contribution in [0.1, 0.15) is 15.9 Å². The molecule has 0 spiro atoms. The van der Waals surface area contributed by atoms with Gasteiger partial charge in [0.1, 0.15) is 0 Å². The first-order valence-corrected chi connectivity index (χ1v) is 4.99. The number of aldehydes is 1. The van der Waals surface area contributed by atoms with Crippen molar-refractivity contribution in [2.24, 2.45) is 16.2 Å². The van der Waals surface area contributed by atoms with E-state index in [1.165, 1.54) is 12.3 Å². The Kier molecular flexibility index (Phi) is 4.56. The summed E-state index contributed by atoms with van der Waals surface area (Å²) >= 11 is 0. The monoisotopic (exact) mass is 247 g/mol. The summed E-state index contributed by atoms with van der Waals surface area (Å²) in [6.45, 7) is 3.77. The highest BCUT2D eigenvalue weighted by Crippen LogP contribution is 2.29. The van der Waals surface area contributed by atoms with Gasteiger partial charge in [-0.25, -0.2) is 5.43 Å². The first kappa shape index (κ1) is 13.4. The summed E-state index contributed by atoms with van der Waals surface area (Å²) in [5.41, 5.74) is 4.64. The summed E-state index contributed by atoms with van der Waals surface area (Å²) in [7, 11) is 1.68. The lowest BCUT2D eigenvalue weighted by Crippen LogP contribution is -2.02. The van der Waals surface area contributed by atoms with Crippen molar-refractivity contribution in [3.8, 4) is 0 Å². The van der Waals surface area contributed by atoms with Gasteiger partial charge in [0.25, 0.3) is 0 Å². The summed E-state index contributed by atoms with van der Waals surface area (Å²) in [6.07, 6.45) is 2.00. The summed E-state index contributed by atoms with van der Waals surface area (Å²) < 4.78 is 0. The van der Waals surface area contributed by atoms with Crippen molar-refractivity contribution in [2.75, 3.05) is 17.8 Å². The maximum Gasteiger partial charge on any atom is 0.150 e. The third-order valence-electron chi connectivity index (χ3n) is 2.29. The van der Waals surface area contributed by atoms with Crippen molar-refractivity contribution in [3.05, 3.63) is 34.7 Å². The molecule has 0 atom stereocenters. The molecule has 1 aromatic carbocycles. The van der Waals surface area contributed by atoms with E-state index in [-0.39, 0.29) is 0 Å². The Balaban J connectivity index is 3.42. The molecule has 1 rings (SSSR count). The Morgan fingerprint density at radius 1 is 1.50 bits per heavy atom. The lowest BCUT2D eigenvalue weighted by molar-refractivity contribution is 0.112. The highest BCUT2D eigenvalue weighted by Gasteiger charge is 2.12. The molecule has 18 heavy (non-hydrogen) atoms. The fraction of sp³-hybridized carbons (Fsp3) is 0.0909. The normalized spacial score (nSPS) is 10.1. The van der Waals surface area contributed by atoms with E-state index in [4.69, 9.17) is 5.84 Å². The standard InChI is InChI=1S/C11H13N5O2/c1-7(5-14-12)11-8(6-17)3-9(15-16-18)4-10(11)13-2/h3-6,13H,1,12H2,2H3,(H,15,18)/b14-5-. The van der Waals surface area contributed by atoms with Gasteiger partial charge in [0.15, 0.2) is 6.29 Å². The van der Waals surface area contributed by atoms with Gasteiger partial charge in [0, 0.05) is 23.9 Å². The number of nitrogens with one attached hydrogen (secondary N) is 2. The topological polar surface area (TPSA) is 109 Å². The molecule has 0 aliphatic carbocycles. The molecule has 7 nitrogen and oxygen atoms in total. The predicted molar refractivity (Wildman–Crippen MR) is 72.5 cm³/mol. The van der Waals surface area contributed by atoms with Crippen LogP contribution in [-0.4, -0.2) is 19.5 Å². The number of allylic oxidation sites excluding steroid dienone is 1. The van der Waals surface area contributed by atoms with Crippen LogP contribution in [-0.2, 0) is 0 Å². The molecule has 0 aliphatic heterocycles. The third kappa shape index (κ3) is 2.70. The predicted octanol–water partition coefficient (Wildman–Crippen LogP) is 1.59. The molecule has 0 aromatic heterocycles. The first-order valence-electron chi connectivity index (χ1n) is 4.99. The van der Waals surface area contributed by atoms with Crippen LogP contribution < -0.4 is 16.6 Å². The van der Waals surface area contributed by atoms with Gasteiger partial charge in [0.2, 0.25) is 0 Å². The number of hydrogen-bond acceptors (Lipinski definition) is 6. The highest BCUT2D eigenvalue weighted by atomic mass is 16.3. The Bertz CT molecular complexity index is 510. The van der Waals surface area contributed by atoms with E-state index < -0.39 is 0 Å². The second-order valence-electron chi connectivity index (χ2n) is 3.36. The molecule has 0 saturated carbocycles. The Morgan fingerprint density at radius 2 is 2.22 bits per heavy atom. The Hall–Kier alpha value is -2.70. The zero-order valence-electron chi connectivity index (χ0n) is 9.80. The molecule has 1 aromatic rings. The van der Waals surface area contributed by atoms with Gasteiger partial charge in [-0.05, 0) is 17.7 Å². The molecule has 0 saturated heterocycles. The largest absolute Gasteiger partial charge is 0.388 e. The van der Waals surface area contributed by atoms with Crippen molar-refractivity contribution >= 4 is 29.4 Å². The number of nitrogens with zero attached hydrogens (tertiary/aromatic N) is 2. The maximum absolute atomic E-state index is 11.1. The molecule has 0 bridgehead atoms. The molecule has 0 unspecified atom stereocenters. The van der Waals surface area contributed by atoms with Gasteiger partial charge in [-0.2, -0.15) is 5.10 Å². The highest BCUT2D eigenvalue weighted by molar-refractivity contribution is 6.14. The average molecular weight is 247 g/mol. The summed E-state index contributed by atoms with van der Waals surface area (Å²) in [6, 6.07) is 3.11. The molecule has 0 amide bonds. The van der Waals surface area contributed by atoms with Gasteiger partial charge >= 0.3 is 0 Å². The second kappa shape index (κ2) is 6.14. The zero-order chi connectivity index (χ0) is 13.5. The Labute approximate surface area is 104 Å². The van der Waals surface area contributed by atoms with Crippen molar-refractivity contribution in [1.82, 2.24) is 0 Å². The lowest BCUT2D eigenvalue weighted by Gasteiger charge is -2.13. The number of hydrazone groups is 1. The molecule has 0 fully saturated rings. The number of nitrogens with two attached hydrogens (primary N) is 1. The number of anilines is 2. The van der Waals surface area contributed by atoms with E-state index in [1.807, 2.05) is 0 Å². The maximum atomic E-state index is 11.1. The summed E-state index contributed by atoms with van der Waals surface area (Å²) in [5.74, 6) is 5.06. The molecular formula is C11H13N5O2. The fourth-order valence-electron chi connectivity index (χ4n) is 1.58. The molecule has 0 heterocycles. The molecule has 0 radical (unpaired) electrons. The van der Waals surface area contributed by atoms with Gasteiger partial charge in [-0.1, -0.05) is 6.58 Å². The minimum Gasteiger partial charge on any atom is -0.388 e. The van der Waals surface area contributed by atoms with Crippen LogP contribution in [0, 0.1) is 4.91 Å².